The second-order valence-corrected chi connectivity index (χ2v) is 6.97. The van der Waals surface area contributed by atoms with Crippen LogP contribution in [0.2, 0.25) is 0 Å². The molecule has 10 heteroatoms. The fraction of sp³-hybridized carbons (Fsp3) is 0.611. The average molecular weight is 397 g/mol. The van der Waals surface area contributed by atoms with E-state index in [0.717, 1.165) is 25.7 Å². The number of urea groups is 2. The van der Waals surface area contributed by atoms with Crippen LogP contribution >= 0.6 is 0 Å². The van der Waals surface area contributed by atoms with Crippen LogP contribution in [0.3, 0.4) is 0 Å². The summed E-state index contributed by atoms with van der Waals surface area (Å²) < 4.78 is 0. The smallest absolute Gasteiger partial charge is 0.320 e. The molecule has 7 N–H and O–H groups in total. The lowest BCUT2D eigenvalue weighted by Gasteiger charge is -2.26. The first-order chi connectivity index (χ1) is 13.3. The molecule has 0 unspecified atom stereocenters. The van der Waals surface area contributed by atoms with Crippen LogP contribution in [0.1, 0.15) is 38.3 Å². The molecule has 0 radical (unpaired) electrons. The lowest BCUT2D eigenvalue weighted by Crippen LogP contribution is -2.55. The third kappa shape index (κ3) is 9.38. The molecular formula is C18H31N5O5. The summed E-state index contributed by atoms with van der Waals surface area (Å²) in [6.07, 6.45) is 3.33. The van der Waals surface area contributed by atoms with Crippen molar-refractivity contribution in [3.8, 4) is 0 Å². The molecule has 0 saturated heterocycles. The van der Waals surface area contributed by atoms with Crippen molar-refractivity contribution >= 4 is 17.9 Å². The van der Waals surface area contributed by atoms with Gasteiger partial charge in [0.2, 0.25) is 0 Å². The van der Waals surface area contributed by atoms with Crippen molar-refractivity contribution in [3.63, 3.8) is 0 Å². The zero-order valence-electron chi connectivity index (χ0n) is 16.4. The summed E-state index contributed by atoms with van der Waals surface area (Å²) in [6, 6.07) is 1.95. The summed E-state index contributed by atoms with van der Waals surface area (Å²) >= 11 is 0. The maximum absolute atomic E-state index is 11.8. The van der Waals surface area contributed by atoms with E-state index >= 15 is 0 Å². The van der Waals surface area contributed by atoms with Gasteiger partial charge in [0, 0.05) is 30.9 Å². The van der Waals surface area contributed by atoms with Crippen molar-refractivity contribution in [2.75, 3.05) is 31.6 Å². The summed E-state index contributed by atoms with van der Waals surface area (Å²) in [7, 11) is 0. The first-order valence-electron chi connectivity index (χ1n) is 9.31. The highest BCUT2D eigenvalue weighted by Crippen LogP contribution is 2.02. The van der Waals surface area contributed by atoms with Gasteiger partial charge in [-0.3, -0.25) is 10.1 Å². The molecule has 1 heterocycles. The van der Waals surface area contributed by atoms with Crippen LogP contribution in [0.15, 0.2) is 16.9 Å². The van der Waals surface area contributed by atoms with Gasteiger partial charge in [-0.05, 0) is 26.7 Å². The number of aliphatic hydroxyl groups excluding tert-OH is 2. The Morgan fingerprint density at radius 1 is 1.00 bits per heavy atom. The van der Waals surface area contributed by atoms with Crippen molar-refractivity contribution in [1.82, 2.24) is 20.9 Å². The normalized spacial score (nSPS) is 11.0. The van der Waals surface area contributed by atoms with Crippen molar-refractivity contribution in [2.24, 2.45) is 0 Å². The van der Waals surface area contributed by atoms with Gasteiger partial charge in [0.25, 0.3) is 0 Å². The van der Waals surface area contributed by atoms with E-state index in [9.17, 15) is 14.4 Å². The molecule has 1 aromatic rings. The number of hydrogen-bond donors (Lipinski definition) is 7. The van der Waals surface area contributed by atoms with Crippen LogP contribution in [0.5, 0.6) is 0 Å². The predicted octanol–water partition coefficient (Wildman–Crippen LogP) is 0.408. The molecule has 0 bridgehead atoms. The zero-order valence-corrected chi connectivity index (χ0v) is 16.4. The number of pyridine rings is 1. The lowest BCUT2D eigenvalue weighted by atomic mass is 10.1. The SMILES string of the molecule is Cc1cc(=O)cc(NC(=O)NCCCCCCNC(=O)NC(C)(CO)CO)[nH]1. The molecule has 0 fully saturated rings. The average Bonchev–Trinajstić information content (AvgIpc) is 2.62. The molecule has 0 aliphatic heterocycles. The Bertz CT molecular complexity index is 687. The molecule has 10 nitrogen and oxygen atoms in total. The quantitative estimate of drug-likeness (QED) is 0.269. The number of H-pyrrole nitrogens is 1. The number of amides is 4. The Kier molecular flexibility index (Phi) is 10.0. The molecule has 0 saturated carbocycles. The molecule has 0 atom stereocenters. The number of aromatic amines is 1. The molecule has 4 amide bonds. The third-order valence-corrected chi connectivity index (χ3v) is 4.01. The van der Waals surface area contributed by atoms with E-state index in [4.69, 9.17) is 10.2 Å². The van der Waals surface area contributed by atoms with Crippen LogP contribution in [-0.2, 0) is 0 Å². The van der Waals surface area contributed by atoms with Gasteiger partial charge in [0.1, 0.15) is 5.82 Å². The Hall–Kier alpha value is -2.59. The van der Waals surface area contributed by atoms with E-state index in [2.05, 4.69) is 26.3 Å². The molecule has 0 aromatic carbocycles. The number of unbranched alkanes of at least 4 members (excludes halogenated alkanes) is 3. The number of rotatable bonds is 11. The monoisotopic (exact) mass is 397 g/mol. The maximum Gasteiger partial charge on any atom is 0.320 e. The Labute approximate surface area is 164 Å². The van der Waals surface area contributed by atoms with Crippen LogP contribution in [0.4, 0.5) is 15.4 Å². The van der Waals surface area contributed by atoms with Gasteiger partial charge in [-0.15, -0.1) is 0 Å². The van der Waals surface area contributed by atoms with E-state index < -0.39 is 11.6 Å². The molecular weight excluding hydrogens is 366 g/mol. The van der Waals surface area contributed by atoms with Crippen molar-refractivity contribution < 1.29 is 19.8 Å². The van der Waals surface area contributed by atoms with Crippen LogP contribution in [-0.4, -0.2) is 59.1 Å². The summed E-state index contributed by atoms with van der Waals surface area (Å²) in [6.45, 7) is 3.57. The fourth-order valence-electron chi connectivity index (χ4n) is 2.37. The van der Waals surface area contributed by atoms with Crippen molar-refractivity contribution in [1.29, 1.82) is 0 Å². The predicted molar refractivity (Wildman–Crippen MR) is 106 cm³/mol. The molecule has 28 heavy (non-hydrogen) atoms. The largest absolute Gasteiger partial charge is 0.394 e. The van der Waals surface area contributed by atoms with E-state index in [1.807, 2.05) is 0 Å². The van der Waals surface area contributed by atoms with Crippen LogP contribution in [0.25, 0.3) is 0 Å². The highest BCUT2D eigenvalue weighted by Gasteiger charge is 2.24. The second kappa shape index (κ2) is 12.0. The summed E-state index contributed by atoms with van der Waals surface area (Å²) in [5, 5.41) is 28.7. The van der Waals surface area contributed by atoms with Gasteiger partial charge in [0.15, 0.2) is 5.43 Å². The maximum atomic E-state index is 11.8. The first-order valence-corrected chi connectivity index (χ1v) is 9.31. The second-order valence-electron chi connectivity index (χ2n) is 6.97. The number of aromatic nitrogens is 1. The summed E-state index contributed by atoms with van der Waals surface area (Å²) in [5.74, 6) is 0.352. The number of aliphatic hydroxyl groups is 2. The molecule has 1 rings (SSSR count). The Balaban J connectivity index is 2.08. The molecule has 0 aliphatic carbocycles. The Morgan fingerprint density at radius 2 is 1.57 bits per heavy atom. The zero-order chi connectivity index (χ0) is 21.0. The van der Waals surface area contributed by atoms with Gasteiger partial charge in [-0.2, -0.15) is 0 Å². The molecule has 158 valence electrons. The number of hydrogen-bond acceptors (Lipinski definition) is 5. The van der Waals surface area contributed by atoms with Crippen molar-refractivity contribution in [3.05, 3.63) is 28.0 Å². The Morgan fingerprint density at radius 3 is 2.11 bits per heavy atom. The van der Waals surface area contributed by atoms with E-state index in [-0.39, 0.29) is 24.7 Å². The fourth-order valence-corrected chi connectivity index (χ4v) is 2.37. The van der Waals surface area contributed by atoms with Crippen molar-refractivity contribution in [2.45, 2.75) is 45.1 Å². The van der Waals surface area contributed by atoms with Crippen LogP contribution in [0, 0.1) is 6.92 Å². The lowest BCUT2D eigenvalue weighted by molar-refractivity contribution is 0.109. The minimum Gasteiger partial charge on any atom is -0.394 e. The number of carbonyl (C=O) groups excluding carboxylic acids is 2. The number of nitrogens with one attached hydrogen (secondary N) is 5. The highest BCUT2D eigenvalue weighted by molar-refractivity contribution is 5.88. The summed E-state index contributed by atoms with van der Waals surface area (Å²) in [4.78, 5) is 37.7. The first kappa shape index (κ1) is 23.4. The summed E-state index contributed by atoms with van der Waals surface area (Å²) in [5.41, 5.74) is -0.546. The van der Waals surface area contributed by atoms with Crippen LogP contribution < -0.4 is 26.7 Å². The number of carbonyl (C=O) groups is 2. The molecule has 0 aliphatic rings. The number of anilines is 1. The number of aryl methyl sites for hydroxylation is 1. The minimum absolute atomic E-state index is 0.175. The van der Waals surface area contributed by atoms with Gasteiger partial charge in [-0.1, -0.05) is 12.8 Å². The molecule has 1 aromatic heterocycles. The molecule has 0 spiro atoms. The van der Waals surface area contributed by atoms with Gasteiger partial charge < -0.3 is 31.1 Å². The van der Waals surface area contributed by atoms with E-state index in [1.54, 1.807) is 13.8 Å². The topological polar surface area (TPSA) is 156 Å². The van der Waals surface area contributed by atoms with Gasteiger partial charge in [-0.25, -0.2) is 9.59 Å². The van der Waals surface area contributed by atoms with E-state index in [0.29, 0.717) is 24.6 Å². The van der Waals surface area contributed by atoms with Gasteiger partial charge >= 0.3 is 12.1 Å². The standard InChI is InChI=1S/C18H31N5O5/c1-13-9-14(26)10-15(21-13)22-16(27)19-7-5-3-4-6-8-20-17(28)23-18(2,11-24)12-25/h9-10,24-25H,3-8,11-12H2,1-2H3,(H2,20,23,28)(H3,19,21,22,26,27). The minimum atomic E-state index is -1.04. The van der Waals surface area contributed by atoms with Gasteiger partial charge in [0.05, 0.1) is 18.8 Å². The highest BCUT2D eigenvalue weighted by atomic mass is 16.3. The van der Waals surface area contributed by atoms with E-state index in [1.165, 1.54) is 12.1 Å². The third-order valence-electron chi connectivity index (χ3n) is 4.01.